The molecule has 0 aliphatic carbocycles. The SMILES string of the molecule is Cn1cnnc1[C@@H]1CCCN(Cc2ccc(S(=O)(=O)N3CCCC3)o2)C1. The summed E-state index contributed by atoms with van der Waals surface area (Å²) in [7, 11) is -1.52. The maximum atomic E-state index is 12.6. The zero-order valence-corrected chi connectivity index (χ0v) is 15.9. The van der Waals surface area contributed by atoms with E-state index in [-0.39, 0.29) is 5.09 Å². The Morgan fingerprint density at radius 3 is 2.73 bits per heavy atom. The average molecular weight is 379 g/mol. The van der Waals surface area contributed by atoms with E-state index in [1.165, 1.54) is 4.31 Å². The van der Waals surface area contributed by atoms with E-state index in [0.717, 1.165) is 44.6 Å². The van der Waals surface area contributed by atoms with Crippen LogP contribution in [0.2, 0.25) is 0 Å². The van der Waals surface area contributed by atoms with Crippen molar-refractivity contribution in [2.24, 2.45) is 7.05 Å². The van der Waals surface area contributed by atoms with Crippen LogP contribution in [0.3, 0.4) is 0 Å². The highest BCUT2D eigenvalue weighted by Crippen LogP contribution is 2.27. The van der Waals surface area contributed by atoms with Crippen molar-refractivity contribution in [3.8, 4) is 0 Å². The highest BCUT2D eigenvalue weighted by molar-refractivity contribution is 7.89. The topological polar surface area (TPSA) is 84.5 Å². The van der Waals surface area contributed by atoms with Crippen molar-refractivity contribution in [1.82, 2.24) is 24.0 Å². The molecule has 0 unspecified atom stereocenters. The molecule has 0 spiro atoms. The number of rotatable bonds is 5. The van der Waals surface area contributed by atoms with Crippen LogP contribution in [-0.4, -0.2) is 58.6 Å². The summed E-state index contributed by atoms with van der Waals surface area (Å²) < 4.78 is 34.4. The zero-order chi connectivity index (χ0) is 18.1. The fourth-order valence-electron chi connectivity index (χ4n) is 3.93. The van der Waals surface area contributed by atoms with Crippen LogP contribution in [0.5, 0.6) is 0 Å². The molecule has 2 fully saturated rings. The summed E-state index contributed by atoms with van der Waals surface area (Å²) in [6.45, 7) is 3.64. The van der Waals surface area contributed by atoms with Gasteiger partial charge >= 0.3 is 0 Å². The number of likely N-dealkylation sites (tertiary alicyclic amines) is 1. The van der Waals surface area contributed by atoms with Crippen LogP contribution < -0.4 is 0 Å². The Morgan fingerprint density at radius 2 is 2.00 bits per heavy atom. The number of hydrogen-bond acceptors (Lipinski definition) is 6. The third-order valence-corrected chi connectivity index (χ3v) is 7.07. The minimum atomic E-state index is -3.48. The molecule has 0 amide bonds. The molecule has 26 heavy (non-hydrogen) atoms. The maximum Gasteiger partial charge on any atom is 0.276 e. The first-order valence-electron chi connectivity index (χ1n) is 9.19. The molecule has 9 heteroatoms. The van der Waals surface area contributed by atoms with Gasteiger partial charge in [-0.2, -0.15) is 4.31 Å². The predicted molar refractivity (Wildman–Crippen MR) is 95.0 cm³/mol. The van der Waals surface area contributed by atoms with Crippen LogP contribution in [0.4, 0.5) is 0 Å². The van der Waals surface area contributed by atoms with Crippen LogP contribution in [0.25, 0.3) is 0 Å². The lowest BCUT2D eigenvalue weighted by molar-refractivity contribution is 0.178. The number of aromatic nitrogens is 3. The second-order valence-electron chi connectivity index (χ2n) is 7.21. The van der Waals surface area contributed by atoms with Gasteiger partial charge in [-0.3, -0.25) is 4.90 Å². The van der Waals surface area contributed by atoms with Gasteiger partial charge in [0.2, 0.25) is 5.09 Å². The van der Waals surface area contributed by atoms with Crippen molar-refractivity contribution in [2.45, 2.75) is 43.2 Å². The molecular weight excluding hydrogens is 354 g/mol. The Bertz CT molecular complexity index is 853. The lowest BCUT2D eigenvalue weighted by atomic mass is 9.97. The van der Waals surface area contributed by atoms with E-state index >= 15 is 0 Å². The quantitative estimate of drug-likeness (QED) is 0.784. The molecule has 4 rings (SSSR count). The fourth-order valence-corrected chi connectivity index (χ4v) is 5.38. The summed E-state index contributed by atoms with van der Waals surface area (Å²) in [5, 5.41) is 8.28. The summed E-state index contributed by atoms with van der Waals surface area (Å²) in [5.41, 5.74) is 0. The molecule has 1 atom stereocenters. The lowest BCUT2D eigenvalue weighted by Gasteiger charge is -2.31. The number of nitrogens with zero attached hydrogens (tertiary/aromatic N) is 5. The largest absolute Gasteiger partial charge is 0.447 e. The third-order valence-electron chi connectivity index (χ3n) is 5.29. The van der Waals surface area contributed by atoms with Crippen LogP contribution in [0, 0.1) is 0 Å². The summed E-state index contributed by atoms with van der Waals surface area (Å²) in [5.74, 6) is 2.05. The van der Waals surface area contributed by atoms with Crippen molar-refractivity contribution in [2.75, 3.05) is 26.2 Å². The summed E-state index contributed by atoms with van der Waals surface area (Å²) in [6.07, 6.45) is 5.75. The number of aryl methyl sites for hydroxylation is 1. The van der Waals surface area contributed by atoms with Gasteiger partial charge in [0, 0.05) is 32.6 Å². The van der Waals surface area contributed by atoms with E-state index in [2.05, 4.69) is 15.1 Å². The number of sulfonamides is 1. The second kappa shape index (κ2) is 7.13. The normalized spacial score (nSPS) is 22.9. The summed E-state index contributed by atoms with van der Waals surface area (Å²) >= 11 is 0. The van der Waals surface area contributed by atoms with Crippen LogP contribution in [-0.2, 0) is 23.6 Å². The number of hydrogen-bond donors (Lipinski definition) is 0. The van der Waals surface area contributed by atoms with Crippen molar-refractivity contribution in [3.05, 3.63) is 30.0 Å². The van der Waals surface area contributed by atoms with E-state index in [4.69, 9.17) is 4.42 Å². The Kier molecular flexibility index (Phi) is 4.85. The number of furan rings is 1. The van der Waals surface area contributed by atoms with Crippen molar-refractivity contribution in [3.63, 3.8) is 0 Å². The Hall–Kier alpha value is -1.71. The molecule has 0 N–H and O–H groups in total. The van der Waals surface area contributed by atoms with Crippen LogP contribution in [0.1, 0.15) is 43.2 Å². The van der Waals surface area contributed by atoms with Gasteiger partial charge in [0.05, 0.1) is 6.54 Å². The van der Waals surface area contributed by atoms with Gasteiger partial charge in [0.15, 0.2) is 0 Å². The third kappa shape index (κ3) is 3.43. The first-order chi connectivity index (χ1) is 12.5. The fraction of sp³-hybridized carbons (Fsp3) is 0.647. The van der Waals surface area contributed by atoms with Gasteiger partial charge in [-0.15, -0.1) is 10.2 Å². The summed E-state index contributed by atoms with van der Waals surface area (Å²) in [6, 6.07) is 3.38. The molecule has 4 heterocycles. The van der Waals surface area contributed by atoms with E-state index in [0.29, 0.717) is 31.3 Å². The second-order valence-corrected chi connectivity index (χ2v) is 9.08. The smallest absolute Gasteiger partial charge is 0.276 e. The molecule has 142 valence electrons. The first-order valence-corrected chi connectivity index (χ1v) is 10.6. The molecule has 8 nitrogen and oxygen atoms in total. The molecule has 0 radical (unpaired) electrons. The standard InChI is InChI=1S/C17H25N5O3S/c1-20-13-18-19-17(20)14-5-4-8-21(11-14)12-15-6-7-16(25-15)26(23,24)22-9-2-3-10-22/h6-7,13-14H,2-5,8-12H2,1H3/t14-/m1/s1. The monoisotopic (exact) mass is 379 g/mol. The van der Waals surface area contributed by atoms with Crippen LogP contribution >= 0.6 is 0 Å². The molecule has 2 aliphatic rings. The van der Waals surface area contributed by atoms with E-state index in [1.54, 1.807) is 18.5 Å². The molecule has 2 saturated heterocycles. The zero-order valence-electron chi connectivity index (χ0n) is 15.0. The Labute approximate surface area is 153 Å². The van der Waals surface area contributed by atoms with Crippen molar-refractivity contribution >= 4 is 10.0 Å². The lowest BCUT2D eigenvalue weighted by Crippen LogP contribution is -2.34. The van der Waals surface area contributed by atoms with Crippen LogP contribution in [0.15, 0.2) is 28.0 Å². The van der Waals surface area contributed by atoms with Crippen molar-refractivity contribution < 1.29 is 12.8 Å². The van der Waals surface area contributed by atoms with E-state index < -0.39 is 10.0 Å². The average Bonchev–Trinajstić information content (AvgIpc) is 3.37. The van der Waals surface area contributed by atoms with Crippen molar-refractivity contribution in [1.29, 1.82) is 0 Å². The Balaban J connectivity index is 1.43. The first kappa shape index (κ1) is 17.7. The van der Waals surface area contributed by atoms with Gasteiger partial charge in [-0.25, -0.2) is 8.42 Å². The van der Waals surface area contributed by atoms with Gasteiger partial charge in [0.25, 0.3) is 10.0 Å². The number of piperidine rings is 1. The summed E-state index contributed by atoms with van der Waals surface area (Å²) in [4.78, 5) is 2.30. The molecule has 2 aromatic heterocycles. The molecule has 0 aromatic carbocycles. The van der Waals surface area contributed by atoms with E-state index in [1.807, 2.05) is 11.6 Å². The molecule has 0 saturated carbocycles. The maximum absolute atomic E-state index is 12.6. The molecule has 2 aliphatic heterocycles. The molecule has 0 bridgehead atoms. The van der Waals surface area contributed by atoms with Gasteiger partial charge in [0.1, 0.15) is 17.9 Å². The minimum absolute atomic E-state index is 0.0660. The molecule has 2 aromatic rings. The highest BCUT2D eigenvalue weighted by atomic mass is 32.2. The van der Waals surface area contributed by atoms with Gasteiger partial charge in [-0.05, 0) is 44.4 Å². The minimum Gasteiger partial charge on any atom is -0.447 e. The Morgan fingerprint density at radius 1 is 1.19 bits per heavy atom. The van der Waals surface area contributed by atoms with Gasteiger partial charge in [-0.1, -0.05) is 0 Å². The van der Waals surface area contributed by atoms with E-state index in [9.17, 15) is 8.42 Å². The predicted octanol–water partition coefficient (Wildman–Crippen LogP) is 1.57. The highest BCUT2D eigenvalue weighted by Gasteiger charge is 2.30. The molecular formula is C17H25N5O3S. The van der Waals surface area contributed by atoms with Gasteiger partial charge < -0.3 is 8.98 Å².